The maximum Gasteiger partial charge on any atom is 0.416 e. The molecule has 12 heteroatoms. The minimum Gasteiger partial charge on any atom is -0.478 e. The number of carboxylic acid groups (broad SMARTS) is 1. The SMILES string of the molecule is O=CN(Cc1cccc(C(F)(F)F)c1)C(C(=O)O)N1C(=O)C(N2C(=O)OC[C@@H]2c2ccccc2)C1C=Cc1ccccc1. The number of rotatable bonds is 10. The minimum atomic E-state index is -4.65. The highest BCUT2D eigenvalue weighted by Gasteiger charge is 2.59. The van der Waals surface area contributed by atoms with Crippen molar-refractivity contribution in [1.29, 1.82) is 0 Å². The van der Waals surface area contributed by atoms with Crippen LogP contribution in [0.3, 0.4) is 0 Å². The van der Waals surface area contributed by atoms with Crippen LogP contribution >= 0.6 is 0 Å². The number of amides is 3. The number of likely N-dealkylation sites (tertiary alicyclic amines) is 1. The Morgan fingerprint density at radius 3 is 2.33 bits per heavy atom. The van der Waals surface area contributed by atoms with Crippen molar-refractivity contribution in [3.63, 3.8) is 0 Å². The maximum absolute atomic E-state index is 13.8. The number of hydrogen-bond donors (Lipinski definition) is 1. The first-order chi connectivity index (χ1) is 20.6. The number of carbonyl (C=O) groups excluding carboxylic acids is 3. The molecule has 4 atom stereocenters. The van der Waals surface area contributed by atoms with Gasteiger partial charge in [0.25, 0.3) is 5.91 Å². The van der Waals surface area contributed by atoms with E-state index in [4.69, 9.17) is 4.74 Å². The van der Waals surface area contributed by atoms with Crippen LogP contribution in [0.4, 0.5) is 18.0 Å². The fourth-order valence-electron chi connectivity index (χ4n) is 5.39. The van der Waals surface area contributed by atoms with Crippen molar-refractivity contribution in [3.8, 4) is 0 Å². The molecule has 3 aromatic rings. The van der Waals surface area contributed by atoms with Crippen LogP contribution in [0.15, 0.2) is 91.0 Å². The Kier molecular flexibility index (Phi) is 8.20. The number of hydrogen-bond acceptors (Lipinski definition) is 5. The standard InChI is InChI=1S/C31H26F3N3O6/c32-31(33,34)23-13-7-10-21(16-23)17-35(19-38)27(29(40)41)37-24(15-14-20-8-3-1-4-9-20)26(28(37)39)36-25(18-43-30(36)42)22-11-5-2-6-12-22/h1-16,19,24-27H,17-18H2,(H,40,41)/t24?,25-,26?,27?/m1/s1. The number of cyclic esters (lactones) is 1. The molecule has 2 heterocycles. The van der Waals surface area contributed by atoms with Crippen molar-refractivity contribution in [2.45, 2.75) is 37.0 Å². The van der Waals surface area contributed by atoms with Crippen molar-refractivity contribution in [3.05, 3.63) is 113 Å². The van der Waals surface area contributed by atoms with Crippen LogP contribution in [0.1, 0.15) is 28.3 Å². The zero-order valence-electron chi connectivity index (χ0n) is 22.5. The first kappa shape index (κ1) is 29.4. The summed E-state index contributed by atoms with van der Waals surface area (Å²) in [4.78, 5) is 54.5. The first-order valence-corrected chi connectivity index (χ1v) is 13.3. The van der Waals surface area contributed by atoms with E-state index >= 15 is 0 Å². The number of β-lactam (4-membered cyclic amide) rings is 1. The van der Waals surface area contributed by atoms with E-state index < -0.39 is 60.5 Å². The average Bonchev–Trinajstić information content (AvgIpc) is 3.37. The van der Waals surface area contributed by atoms with Gasteiger partial charge in [0.05, 0.1) is 17.6 Å². The summed E-state index contributed by atoms with van der Waals surface area (Å²) < 4.78 is 45.2. The zero-order valence-corrected chi connectivity index (χ0v) is 22.5. The molecule has 43 heavy (non-hydrogen) atoms. The van der Waals surface area contributed by atoms with Crippen LogP contribution in [0.25, 0.3) is 6.08 Å². The van der Waals surface area contributed by atoms with Crippen LogP contribution in [0.2, 0.25) is 0 Å². The van der Waals surface area contributed by atoms with Gasteiger partial charge >= 0.3 is 18.2 Å². The van der Waals surface area contributed by atoms with Crippen molar-refractivity contribution in [2.24, 2.45) is 0 Å². The molecular weight excluding hydrogens is 567 g/mol. The lowest BCUT2D eigenvalue weighted by atomic mass is 9.89. The van der Waals surface area contributed by atoms with Crippen LogP contribution in [0, 0.1) is 0 Å². The lowest BCUT2D eigenvalue weighted by molar-refractivity contribution is -0.179. The molecule has 3 aromatic carbocycles. The van der Waals surface area contributed by atoms with Gasteiger partial charge < -0.3 is 19.6 Å². The molecule has 222 valence electrons. The van der Waals surface area contributed by atoms with Gasteiger partial charge in [0.15, 0.2) is 0 Å². The van der Waals surface area contributed by atoms with E-state index in [0.717, 1.165) is 33.6 Å². The molecule has 3 unspecified atom stereocenters. The van der Waals surface area contributed by atoms with Gasteiger partial charge in [0.1, 0.15) is 12.6 Å². The number of nitrogens with zero attached hydrogens (tertiary/aromatic N) is 3. The third-order valence-corrected chi connectivity index (χ3v) is 7.39. The van der Waals surface area contributed by atoms with Crippen molar-refractivity contribution >= 4 is 30.5 Å². The molecule has 2 saturated heterocycles. The van der Waals surface area contributed by atoms with Crippen LogP contribution in [-0.4, -0.2) is 69.0 Å². The molecule has 5 rings (SSSR count). The quantitative estimate of drug-likeness (QED) is 0.273. The second-order valence-electron chi connectivity index (χ2n) is 10.0. The fourth-order valence-corrected chi connectivity index (χ4v) is 5.39. The molecule has 0 saturated carbocycles. The summed E-state index contributed by atoms with van der Waals surface area (Å²) >= 11 is 0. The van der Waals surface area contributed by atoms with Gasteiger partial charge in [-0.25, -0.2) is 9.59 Å². The van der Waals surface area contributed by atoms with Crippen LogP contribution in [-0.2, 0) is 31.8 Å². The second-order valence-corrected chi connectivity index (χ2v) is 10.0. The van der Waals surface area contributed by atoms with E-state index in [1.165, 1.54) is 11.0 Å². The summed E-state index contributed by atoms with van der Waals surface area (Å²) in [5.41, 5.74) is 0.485. The van der Waals surface area contributed by atoms with Gasteiger partial charge in [-0.05, 0) is 28.8 Å². The lowest BCUT2D eigenvalue weighted by Gasteiger charge is -2.53. The minimum absolute atomic E-state index is 0.0151. The van der Waals surface area contributed by atoms with Gasteiger partial charge in [-0.2, -0.15) is 13.2 Å². The number of alkyl halides is 3. The fraction of sp³-hybridized carbons (Fsp3) is 0.226. The van der Waals surface area contributed by atoms with Gasteiger partial charge in [-0.1, -0.05) is 84.9 Å². The second kappa shape index (κ2) is 12.0. The Labute approximate surface area is 244 Å². The maximum atomic E-state index is 13.8. The van der Waals surface area contributed by atoms with E-state index in [-0.39, 0.29) is 18.6 Å². The number of carbonyl (C=O) groups is 4. The average molecular weight is 594 g/mol. The Balaban J connectivity index is 1.50. The molecule has 9 nitrogen and oxygen atoms in total. The van der Waals surface area contributed by atoms with E-state index in [2.05, 4.69) is 0 Å². The van der Waals surface area contributed by atoms with E-state index in [0.29, 0.717) is 5.56 Å². The predicted molar refractivity (Wildman–Crippen MR) is 147 cm³/mol. The van der Waals surface area contributed by atoms with Gasteiger partial charge in [-0.3, -0.25) is 14.5 Å². The third-order valence-electron chi connectivity index (χ3n) is 7.39. The number of benzene rings is 3. The highest BCUT2D eigenvalue weighted by molar-refractivity contribution is 5.97. The number of ether oxygens (including phenoxy) is 1. The van der Waals surface area contributed by atoms with Crippen molar-refractivity contribution in [1.82, 2.24) is 14.7 Å². The normalized spacial score (nSPS) is 21.0. The van der Waals surface area contributed by atoms with Crippen LogP contribution in [0.5, 0.6) is 0 Å². The molecule has 2 aliphatic rings. The molecule has 2 fully saturated rings. The van der Waals surface area contributed by atoms with Gasteiger partial charge in [-0.15, -0.1) is 0 Å². The number of carboxylic acids is 1. The monoisotopic (exact) mass is 593 g/mol. The highest BCUT2D eigenvalue weighted by atomic mass is 19.4. The topological polar surface area (TPSA) is 107 Å². The highest BCUT2D eigenvalue weighted by Crippen LogP contribution is 2.39. The molecular formula is C31H26F3N3O6. The molecule has 0 spiro atoms. The molecule has 3 amide bonds. The number of halogens is 3. The summed E-state index contributed by atoms with van der Waals surface area (Å²) in [5.74, 6) is -2.33. The van der Waals surface area contributed by atoms with E-state index in [1.54, 1.807) is 72.8 Å². The molecule has 2 aliphatic heterocycles. The summed E-state index contributed by atoms with van der Waals surface area (Å²) in [7, 11) is 0. The Morgan fingerprint density at radius 1 is 1.02 bits per heavy atom. The largest absolute Gasteiger partial charge is 0.478 e. The summed E-state index contributed by atoms with van der Waals surface area (Å²) in [5, 5.41) is 10.2. The Bertz CT molecular complexity index is 1530. The predicted octanol–water partition coefficient (Wildman–Crippen LogP) is 4.56. The summed E-state index contributed by atoms with van der Waals surface area (Å²) in [6.45, 7) is -0.549. The summed E-state index contributed by atoms with van der Waals surface area (Å²) in [6.07, 6.45) is -3.88. The van der Waals surface area contributed by atoms with Crippen LogP contribution < -0.4 is 0 Å². The van der Waals surface area contributed by atoms with E-state index in [1.807, 2.05) is 0 Å². The molecule has 1 N–H and O–H groups in total. The molecule has 0 aromatic heterocycles. The number of aliphatic carboxylic acids is 1. The van der Waals surface area contributed by atoms with Crippen molar-refractivity contribution < 1.29 is 42.2 Å². The molecule has 0 bridgehead atoms. The first-order valence-electron chi connectivity index (χ1n) is 13.3. The lowest BCUT2D eigenvalue weighted by Crippen LogP contribution is -2.75. The van der Waals surface area contributed by atoms with Gasteiger partial charge in [0.2, 0.25) is 12.6 Å². The van der Waals surface area contributed by atoms with E-state index in [9.17, 15) is 37.5 Å². The smallest absolute Gasteiger partial charge is 0.416 e. The Hall–Kier alpha value is -5.13. The Morgan fingerprint density at radius 2 is 1.70 bits per heavy atom. The molecule has 0 aliphatic carbocycles. The van der Waals surface area contributed by atoms with Crippen molar-refractivity contribution in [2.75, 3.05) is 6.61 Å². The third kappa shape index (κ3) is 5.94. The zero-order chi connectivity index (χ0) is 30.7. The molecule has 0 radical (unpaired) electrons. The van der Waals surface area contributed by atoms with Gasteiger partial charge in [0, 0.05) is 6.54 Å². The summed E-state index contributed by atoms with van der Waals surface area (Å²) in [6, 6.07) is 19.2.